The lowest BCUT2D eigenvalue weighted by Crippen LogP contribution is -2.66. The molecule has 17 atom stereocenters. The molecule has 2 heterocycles. The summed E-state index contributed by atoms with van der Waals surface area (Å²) in [5.74, 6) is 0.219. The first-order valence-corrected chi connectivity index (χ1v) is 20.1. The van der Waals surface area contributed by atoms with Gasteiger partial charge in [-0.05, 0) is 116 Å². The molecule has 2 aliphatic heterocycles. The van der Waals surface area contributed by atoms with Gasteiger partial charge in [0.2, 0.25) is 0 Å². The molecular formula is C41H66O11. The molecule has 4 saturated carbocycles. The van der Waals surface area contributed by atoms with Crippen LogP contribution in [0.25, 0.3) is 0 Å². The van der Waals surface area contributed by atoms with Gasteiger partial charge in [0.15, 0.2) is 12.6 Å². The van der Waals surface area contributed by atoms with Crippen LogP contribution >= 0.6 is 0 Å². The van der Waals surface area contributed by atoms with E-state index in [0.717, 1.165) is 64.2 Å². The van der Waals surface area contributed by atoms with E-state index < -0.39 is 66.7 Å². The summed E-state index contributed by atoms with van der Waals surface area (Å²) in [6.45, 7) is 18.1. The minimum atomic E-state index is -1.58. The zero-order valence-electron chi connectivity index (χ0n) is 32.6. The summed E-state index contributed by atoms with van der Waals surface area (Å²) in [7, 11) is 0. The van der Waals surface area contributed by atoms with Crippen LogP contribution < -0.4 is 0 Å². The number of rotatable bonds is 5. The highest BCUT2D eigenvalue weighted by molar-refractivity contribution is 5.76. The maximum atomic E-state index is 13.0. The summed E-state index contributed by atoms with van der Waals surface area (Å²) in [4.78, 5) is 13.0. The largest absolute Gasteiger partial charge is 0.481 e. The van der Waals surface area contributed by atoms with Crippen LogP contribution in [0.4, 0.5) is 0 Å². The number of aliphatic hydroxyl groups is 5. The minimum Gasteiger partial charge on any atom is -0.481 e. The summed E-state index contributed by atoms with van der Waals surface area (Å²) >= 11 is 0. The molecule has 0 amide bonds. The van der Waals surface area contributed by atoms with Crippen LogP contribution in [0.2, 0.25) is 0 Å². The topological polar surface area (TPSA) is 175 Å². The van der Waals surface area contributed by atoms with Crippen LogP contribution in [-0.2, 0) is 23.7 Å². The van der Waals surface area contributed by atoms with E-state index in [-0.39, 0.29) is 45.7 Å². The first kappa shape index (κ1) is 39.1. The molecule has 0 bridgehead atoms. The Bertz CT molecular complexity index is 1410. The maximum Gasteiger partial charge on any atom is 0.310 e. The number of carboxylic acids is 1. The van der Waals surface area contributed by atoms with Crippen molar-refractivity contribution in [1.29, 1.82) is 0 Å². The normalized spacial score (nSPS) is 54.1. The summed E-state index contributed by atoms with van der Waals surface area (Å²) in [6.07, 6.45) is -0.253. The number of fused-ring (bicyclic) bond motifs is 7. The third kappa shape index (κ3) is 5.64. The fourth-order valence-corrected chi connectivity index (χ4v) is 13.3. The van der Waals surface area contributed by atoms with Gasteiger partial charge in [-0.3, -0.25) is 4.79 Å². The van der Waals surface area contributed by atoms with Crippen molar-refractivity contribution in [3.05, 3.63) is 11.6 Å². The molecule has 11 heteroatoms. The van der Waals surface area contributed by atoms with E-state index in [9.17, 15) is 35.4 Å². The van der Waals surface area contributed by atoms with Crippen LogP contribution in [0.1, 0.15) is 120 Å². The maximum absolute atomic E-state index is 13.0. The van der Waals surface area contributed by atoms with Gasteiger partial charge in [-0.25, -0.2) is 0 Å². The number of aliphatic carboxylic acids is 1. The van der Waals surface area contributed by atoms with E-state index in [1.165, 1.54) is 5.57 Å². The second-order valence-electron chi connectivity index (χ2n) is 20.2. The number of ether oxygens (including phenoxy) is 4. The first-order chi connectivity index (χ1) is 24.1. The molecule has 0 radical (unpaired) electrons. The van der Waals surface area contributed by atoms with E-state index >= 15 is 0 Å². The van der Waals surface area contributed by atoms with Gasteiger partial charge in [0, 0.05) is 0 Å². The highest BCUT2D eigenvalue weighted by Crippen LogP contribution is 2.76. The number of hydrogen-bond acceptors (Lipinski definition) is 10. The minimum absolute atomic E-state index is 0.0146. The fraction of sp³-hybridized carbons (Fsp3) is 0.927. The Hall–Kier alpha value is -1.15. The summed E-state index contributed by atoms with van der Waals surface area (Å²) in [5, 5.41) is 63.6. The lowest BCUT2D eigenvalue weighted by atomic mass is 9.33. The van der Waals surface area contributed by atoms with Gasteiger partial charge in [-0.1, -0.05) is 60.1 Å². The lowest BCUT2D eigenvalue weighted by Gasteiger charge is -2.71. The number of carbonyl (C=O) groups is 1. The van der Waals surface area contributed by atoms with Crippen molar-refractivity contribution in [1.82, 2.24) is 0 Å². The van der Waals surface area contributed by atoms with E-state index in [1.807, 2.05) is 0 Å². The summed E-state index contributed by atoms with van der Waals surface area (Å²) in [5.41, 5.74) is 0.579. The first-order valence-electron chi connectivity index (χ1n) is 20.1. The molecule has 52 heavy (non-hydrogen) atoms. The number of allylic oxidation sites excluding steroid dienone is 2. The Balaban J connectivity index is 1.13. The Morgan fingerprint density at radius 1 is 0.788 bits per heavy atom. The molecule has 5 aliphatic carbocycles. The van der Waals surface area contributed by atoms with Crippen LogP contribution in [0.15, 0.2) is 11.6 Å². The van der Waals surface area contributed by atoms with Gasteiger partial charge < -0.3 is 49.6 Å². The third-order valence-corrected chi connectivity index (χ3v) is 16.8. The Morgan fingerprint density at radius 3 is 2.17 bits per heavy atom. The SMILES string of the molecule is C[C@@H]1O[C@@H](O[C@H]2[C@H](O[C@H]3CC[C@]4(C)[C@H]5CC=C6[C@@H]7CC(C)(C)CC[C@@]7(C(=O)O)CC[C@@]6(C)[C@]5(C)CC[C@H]4C3(C)C)OC[C@H](O)[C@@H]2O)[C@H](O)[C@H](O)[C@H]1O. The molecule has 6 N–H and O–H groups in total. The standard InChI is InChI=1S/C41H66O11/c1-21-28(43)30(45)31(46)33(50-21)52-32-29(44)24(42)20-49-34(32)51-27-12-13-38(6)25(37(27,4)5)11-14-40(8)26(38)10-9-22-23-19-36(2,3)15-17-41(23,35(47)48)18-16-39(22,40)7/h9,21,23-34,42-46H,10-20H2,1-8H3,(H,47,48)/t21-,23-,24-,25-,26+,27-,28-,29-,30+,31+,32+,33-,34-,38-,39+,40+,41+/m0/s1. The molecule has 0 aromatic heterocycles. The molecule has 0 unspecified atom stereocenters. The van der Waals surface area contributed by atoms with Crippen molar-refractivity contribution in [2.45, 2.75) is 181 Å². The van der Waals surface area contributed by atoms with Gasteiger partial charge in [0.05, 0.1) is 24.2 Å². The zero-order valence-corrected chi connectivity index (χ0v) is 32.6. The van der Waals surface area contributed by atoms with Gasteiger partial charge in [-0.2, -0.15) is 0 Å². The van der Waals surface area contributed by atoms with E-state index in [4.69, 9.17) is 18.9 Å². The third-order valence-electron chi connectivity index (χ3n) is 16.8. The van der Waals surface area contributed by atoms with E-state index in [0.29, 0.717) is 11.8 Å². The molecule has 7 aliphatic rings. The Labute approximate surface area is 309 Å². The molecule has 6 fully saturated rings. The summed E-state index contributed by atoms with van der Waals surface area (Å²) < 4.78 is 24.5. The van der Waals surface area contributed by atoms with E-state index in [2.05, 4.69) is 54.5 Å². The predicted molar refractivity (Wildman–Crippen MR) is 191 cm³/mol. The Morgan fingerprint density at radius 2 is 1.48 bits per heavy atom. The van der Waals surface area contributed by atoms with Crippen molar-refractivity contribution in [2.24, 2.45) is 50.2 Å². The summed E-state index contributed by atoms with van der Waals surface area (Å²) in [6, 6.07) is 0. The van der Waals surface area contributed by atoms with Gasteiger partial charge in [-0.15, -0.1) is 0 Å². The van der Waals surface area contributed by atoms with Crippen molar-refractivity contribution < 1.29 is 54.4 Å². The molecule has 0 spiro atoms. The van der Waals surface area contributed by atoms with Crippen LogP contribution in [-0.4, -0.2) is 105 Å². The van der Waals surface area contributed by atoms with Crippen LogP contribution in [0, 0.1) is 50.2 Å². The van der Waals surface area contributed by atoms with Gasteiger partial charge in [0.25, 0.3) is 0 Å². The molecule has 296 valence electrons. The predicted octanol–water partition coefficient (Wildman–Crippen LogP) is 4.55. The molecule has 7 rings (SSSR count). The monoisotopic (exact) mass is 734 g/mol. The van der Waals surface area contributed by atoms with Gasteiger partial charge in [0.1, 0.15) is 36.6 Å². The quantitative estimate of drug-likeness (QED) is 0.173. The molecule has 2 saturated heterocycles. The van der Waals surface area contributed by atoms with Crippen molar-refractivity contribution in [3.63, 3.8) is 0 Å². The lowest BCUT2D eigenvalue weighted by molar-refractivity contribution is -0.364. The van der Waals surface area contributed by atoms with Crippen molar-refractivity contribution in [3.8, 4) is 0 Å². The van der Waals surface area contributed by atoms with Crippen LogP contribution in [0.5, 0.6) is 0 Å². The number of hydrogen-bond donors (Lipinski definition) is 6. The smallest absolute Gasteiger partial charge is 0.310 e. The number of aliphatic hydroxyl groups excluding tert-OH is 5. The second-order valence-corrected chi connectivity index (χ2v) is 20.2. The zero-order chi connectivity index (χ0) is 38.0. The average Bonchev–Trinajstić information content (AvgIpc) is 3.06. The molecule has 0 aromatic rings. The van der Waals surface area contributed by atoms with Gasteiger partial charge >= 0.3 is 5.97 Å². The van der Waals surface area contributed by atoms with Crippen molar-refractivity contribution in [2.75, 3.05) is 6.61 Å². The van der Waals surface area contributed by atoms with E-state index in [1.54, 1.807) is 6.92 Å². The number of carboxylic acid groups (broad SMARTS) is 1. The second kappa shape index (κ2) is 12.9. The highest BCUT2D eigenvalue weighted by atomic mass is 16.8. The molecule has 0 aromatic carbocycles. The van der Waals surface area contributed by atoms with Crippen molar-refractivity contribution >= 4 is 5.97 Å². The molecule has 11 nitrogen and oxygen atoms in total. The Kier molecular flexibility index (Phi) is 9.74. The average molecular weight is 735 g/mol. The highest BCUT2D eigenvalue weighted by Gasteiger charge is 2.69. The molecular weight excluding hydrogens is 668 g/mol. The van der Waals surface area contributed by atoms with Crippen LogP contribution in [0.3, 0.4) is 0 Å². The fourth-order valence-electron chi connectivity index (χ4n) is 13.3.